The highest BCUT2D eigenvalue weighted by Gasteiger charge is 2.15. The van der Waals surface area contributed by atoms with E-state index in [4.69, 9.17) is 5.11 Å². The summed E-state index contributed by atoms with van der Waals surface area (Å²) in [5.41, 5.74) is 3.48. The van der Waals surface area contributed by atoms with Gasteiger partial charge in [0.2, 0.25) is 0 Å². The van der Waals surface area contributed by atoms with Crippen molar-refractivity contribution in [1.82, 2.24) is 4.57 Å². The lowest BCUT2D eigenvalue weighted by Crippen LogP contribution is -2.05. The zero-order valence-electron chi connectivity index (χ0n) is 10.2. The van der Waals surface area contributed by atoms with Crippen molar-refractivity contribution in [3.8, 4) is 0 Å². The average molecular weight is 249 g/mol. The van der Waals surface area contributed by atoms with E-state index in [2.05, 4.69) is 22.9 Å². The van der Waals surface area contributed by atoms with Gasteiger partial charge >= 0.3 is 5.97 Å². The van der Waals surface area contributed by atoms with Crippen molar-refractivity contribution in [2.24, 2.45) is 0 Å². The third-order valence-corrected chi connectivity index (χ3v) is 4.08. The zero-order chi connectivity index (χ0) is 12.6. The summed E-state index contributed by atoms with van der Waals surface area (Å²) in [5.74, 6) is -0.854. The molecule has 0 radical (unpaired) electrons. The van der Waals surface area contributed by atoms with Gasteiger partial charge in [0.1, 0.15) is 0 Å². The van der Waals surface area contributed by atoms with Gasteiger partial charge in [0.25, 0.3) is 0 Å². The van der Waals surface area contributed by atoms with Gasteiger partial charge in [-0.2, -0.15) is 0 Å². The molecule has 17 heavy (non-hydrogen) atoms. The maximum Gasteiger partial charge on any atom is 0.337 e. The van der Waals surface area contributed by atoms with Crippen molar-refractivity contribution < 1.29 is 9.90 Å². The lowest BCUT2D eigenvalue weighted by Gasteiger charge is -2.08. The summed E-state index contributed by atoms with van der Waals surface area (Å²) in [7, 11) is 0. The number of carbonyl (C=O) groups is 1. The SMILES string of the molecule is Cc1ccsc1Cn1c(C)cc(C(=O)O)c1C. The molecule has 0 bridgehead atoms. The zero-order valence-corrected chi connectivity index (χ0v) is 11.0. The third kappa shape index (κ3) is 2.13. The molecule has 90 valence electrons. The van der Waals surface area contributed by atoms with E-state index >= 15 is 0 Å². The highest BCUT2D eigenvalue weighted by atomic mass is 32.1. The van der Waals surface area contributed by atoms with Gasteiger partial charge in [-0.25, -0.2) is 4.79 Å². The molecule has 0 amide bonds. The number of rotatable bonds is 3. The van der Waals surface area contributed by atoms with E-state index in [1.165, 1.54) is 10.4 Å². The number of hydrogen-bond acceptors (Lipinski definition) is 2. The number of aromatic carboxylic acids is 1. The molecule has 0 saturated heterocycles. The second-order valence-electron chi connectivity index (χ2n) is 4.20. The number of thiophene rings is 1. The molecule has 0 aromatic carbocycles. The van der Waals surface area contributed by atoms with Crippen LogP contribution in [0.25, 0.3) is 0 Å². The van der Waals surface area contributed by atoms with E-state index in [1.807, 2.05) is 13.8 Å². The van der Waals surface area contributed by atoms with Crippen molar-refractivity contribution >= 4 is 17.3 Å². The molecule has 2 aromatic rings. The van der Waals surface area contributed by atoms with E-state index in [0.29, 0.717) is 5.56 Å². The first kappa shape index (κ1) is 11.9. The van der Waals surface area contributed by atoms with E-state index in [-0.39, 0.29) is 0 Å². The fourth-order valence-electron chi connectivity index (χ4n) is 1.97. The van der Waals surface area contributed by atoms with Crippen LogP contribution in [0.1, 0.15) is 32.2 Å². The Morgan fingerprint density at radius 3 is 2.59 bits per heavy atom. The van der Waals surface area contributed by atoms with Gasteiger partial charge in [-0.05, 0) is 43.8 Å². The monoisotopic (exact) mass is 249 g/mol. The molecule has 1 N–H and O–H groups in total. The van der Waals surface area contributed by atoms with E-state index in [1.54, 1.807) is 17.4 Å². The van der Waals surface area contributed by atoms with E-state index in [9.17, 15) is 4.79 Å². The summed E-state index contributed by atoms with van der Waals surface area (Å²) in [4.78, 5) is 12.3. The molecule has 2 heterocycles. The van der Waals surface area contributed by atoms with Crippen molar-refractivity contribution in [3.05, 3.63) is 44.9 Å². The molecule has 0 saturated carbocycles. The molecule has 4 heteroatoms. The maximum atomic E-state index is 11.0. The van der Waals surface area contributed by atoms with Crippen LogP contribution in [0.3, 0.4) is 0 Å². The summed E-state index contributed by atoms with van der Waals surface area (Å²) >= 11 is 1.71. The molecule has 0 aliphatic rings. The molecule has 0 fully saturated rings. The number of carboxylic acid groups (broad SMARTS) is 1. The van der Waals surface area contributed by atoms with Crippen LogP contribution >= 0.6 is 11.3 Å². The van der Waals surface area contributed by atoms with Gasteiger partial charge in [0.05, 0.1) is 12.1 Å². The molecule has 0 aliphatic heterocycles. The first-order valence-corrected chi connectivity index (χ1v) is 6.31. The van der Waals surface area contributed by atoms with Crippen molar-refractivity contribution in [1.29, 1.82) is 0 Å². The minimum Gasteiger partial charge on any atom is -0.478 e. The number of carboxylic acids is 1. The first-order valence-electron chi connectivity index (χ1n) is 5.43. The van der Waals surface area contributed by atoms with Crippen LogP contribution in [0, 0.1) is 20.8 Å². The van der Waals surface area contributed by atoms with Crippen LogP contribution in [0.4, 0.5) is 0 Å². The summed E-state index contributed by atoms with van der Waals surface area (Å²) in [6.07, 6.45) is 0. The molecule has 0 aliphatic carbocycles. The van der Waals surface area contributed by atoms with Crippen LogP contribution in [-0.4, -0.2) is 15.6 Å². The molecular weight excluding hydrogens is 234 g/mol. The average Bonchev–Trinajstić information content (AvgIpc) is 2.77. The lowest BCUT2D eigenvalue weighted by atomic mass is 10.2. The van der Waals surface area contributed by atoms with Crippen LogP contribution in [0.2, 0.25) is 0 Å². The van der Waals surface area contributed by atoms with Gasteiger partial charge in [0, 0.05) is 16.3 Å². The summed E-state index contributed by atoms with van der Waals surface area (Å²) < 4.78 is 2.06. The predicted molar refractivity (Wildman–Crippen MR) is 69.0 cm³/mol. The number of hydrogen-bond donors (Lipinski definition) is 1. The molecule has 2 aromatic heterocycles. The number of nitrogens with zero attached hydrogens (tertiary/aromatic N) is 1. The first-order chi connectivity index (χ1) is 8.00. The number of aryl methyl sites for hydroxylation is 2. The Bertz CT molecular complexity index is 566. The molecule has 0 unspecified atom stereocenters. The Balaban J connectivity index is 2.40. The van der Waals surface area contributed by atoms with Crippen molar-refractivity contribution in [2.45, 2.75) is 27.3 Å². The fraction of sp³-hybridized carbons (Fsp3) is 0.308. The van der Waals surface area contributed by atoms with Crippen LogP contribution in [0.5, 0.6) is 0 Å². The topological polar surface area (TPSA) is 42.2 Å². The van der Waals surface area contributed by atoms with E-state index < -0.39 is 5.97 Å². The normalized spacial score (nSPS) is 10.8. The third-order valence-electron chi connectivity index (χ3n) is 3.07. The van der Waals surface area contributed by atoms with Crippen molar-refractivity contribution in [2.75, 3.05) is 0 Å². The molecule has 3 nitrogen and oxygen atoms in total. The van der Waals surface area contributed by atoms with Crippen LogP contribution < -0.4 is 0 Å². The smallest absolute Gasteiger partial charge is 0.337 e. The maximum absolute atomic E-state index is 11.0. The quantitative estimate of drug-likeness (QED) is 0.907. The summed E-state index contributed by atoms with van der Waals surface area (Å²) in [6.45, 7) is 6.65. The summed E-state index contributed by atoms with van der Waals surface area (Å²) in [6, 6.07) is 3.83. The largest absolute Gasteiger partial charge is 0.478 e. The van der Waals surface area contributed by atoms with Gasteiger partial charge in [-0.15, -0.1) is 11.3 Å². The standard InChI is InChI=1S/C13H15NO2S/c1-8-4-5-17-12(8)7-14-9(2)6-11(10(14)3)13(15)16/h4-6H,7H2,1-3H3,(H,15,16). The van der Waals surface area contributed by atoms with Gasteiger partial charge < -0.3 is 9.67 Å². The fourth-order valence-corrected chi connectivity index (χ4v) is 2.86. The molecule has 2 rings (SSSR count). The highest BCUT2D eigenvalue weighted by molar-refractivity contribution is 7.10. The Labute approximate surface area is 104 Å². The van der Waals surface area contributed by atoms with Gasteiger partial charge in [-0.1, -0.05) is 0 Å². The second-order valence-corrected chi connectivity index (χ2v) is 5.20. The predicted octanol–water partition coefficient (Wildman–Crippen LogP) is 3.22. The Morgan fingerprint density at radius 1 is 1.41 bits per heavy atom. The van der Waals surface area contributed by atoms with Gasteiger partial charge in [0.15, 0.2) is 0 Å². The van der Waals surface area contributed by atoms with Crippen LogP contribution in [0.15, 0.2) is 17.5 Å². The van der Waals surface area contributed by atoms with Gasteiger partial charge in [-0.3, -0.25) is 0 Å². The molecule has 0 spiro atoms. The van der Waals surface area contributed by atoms with Crippen LogP contribution in [-0.2, 0) is 6.54 Å². The highest BCUT2D eigenvalue weighted by Crippen LogP contribution is 2.21. The molecule has 0 atom stereocenters. The Kier molecular flexibility index (Phi) is 3.07. The van der Waals surface area contributed by atoms with E-state index in [0.717, 1.165) is 17.9 Å². The lowest BCUT2D eigenvalue weighted by molar-refractivity contribution is 0.0696. The summed E-state index contributed by atoms with van der Waals surface area (Å²) in [5, 5.41) is 11.1. The minimum absolute atomic E-state index is 0.400. The second kappa shape index (κ2) is 4.37. The number of aromatic nitrogens is 1. The Hall–Kier alpha value is -1.55. The minimum atomic E-state index is -0.854. The molecular formula is C13H15NO2S. The Morgan fingerprint density at radius 2 is 2.12 bits per heavy atom. The van der Waals surface area contributed by atoms with Crippen molar-refractivity contribution in [3.63, 3.8) is 0 Å².